The van der Waals surface area contributed by atoms with E-state index in [0.29, 0.717) is 18.6 Å². The summed E-state index contributed by atoms with van der Waals surface area (Å²) in [6, 6.07) is 26.3. The molecule has 5 heteroatoms. The predicted molar refractivity (Wildman–Crippen MR) is 275 cm³/mol. The van der Waals surface area contributed by atoms with Gasteiger partial charge in [0.2, 0.25) is 0 Å². The van der Waals surface area contributed by atoms with Crippen LogP contribution in [0.5, 0.6) is 5.75 Å². The van der Waals surface area contributed by atoms with Gasteiger partial charge in [-0.05, 0) is 127 Å². The molecular weight excluding hydrogens is 803 g/mol. The Hall–Kier alpha value is -3.67. The number of methoxy groups -OCH3 is 1. The van der Waals surface area contributed by atoms with Gasteiger partial charge in [0.15, 0.2) is 0 Å². The van der Waals surface area contributed by atoms with Crippen LogP contribution < -0.4 is 10.1 Å². The molecule has 2 heterocycles. The molecule has 4 nitrogen and oxygen atoms in total. The van der Waals surface area contributed by atoms with Crippen LogP contribution in [-0.2, 0) is 32.3 Å². The molecule has 1 aliphatic carbocycles. The molecule has 348 valence electrons. The summed E-state index contributed by atoms with van der Waals surface area (Å²) >= 11 is 2.07. The molecule has 1 fully saturated rings. The molecule has 64 heavy (non-hydrogen) atoms. The van der Waals surface area contributed by atoms with E-state index in [9.17, 15) is 4.79 Å². The largest absolute Gasteiger partial charge is 0.494 e. The zero-order chi connectivity index (χ0) is 45.7. The number of unbranched alkanes of at least 4 members (excludes halogenated alkanes) is 13. The minimum Gasteiger partial charge on any atom is -0.494 e. The number of benzene rings is 3. The molecule has 0 amide bonds. The molecule has 2 atom stereocenters. The molecule has 1 N–H and O–H groups in total. The normalized spacial score (nSPS) is 17.6. The molecule has 1 aliphatic heterocycles. The molecule has 0 bridgehead atoms. The SMILES string of the molecule is CCCCCCCCC1(CCCCCCCC)c2cc(-c3sc(C(C)(C)C(C)C)cc3CCCCCCOc3ccc(/C=C/C(=O)OC)cc3)ccc2-c2ccc(C3(C)NC3C)cc21. The predicted octanol–water partition coefficient (Wildman–Crippen LogP) is 16.7. The van der Waals surface area contributed by atoms with Crippen LogP contribution in [0.2, 0.25) is 0 Å². The minimum absolute atomic E-state index is 0.0454. The van der Waals surface area contributed by atoms with Crippen molar-refractivity contribution >= 4 is 23.4 Å². The number of fused-ring (bicyclic) bond motifs is 3. The van der Waals surface area contributed by atoms with E-state index in [1.807, 2.05) is 24.3 Å². The van der Waals surface area contributed by atoms with Crippen LogP contribution in [0, 0.1) is 5.92 Å². The number of aryl methyl sites for hydroxylation is 1. The fraction of sp³-hybridized carbons (Fsp3) is 0.576. The molecule has 2 aliphatic rings. The van der Waals surface area contributed by atoms with Gasteiger partial charge in [0.1, 0.15) is 5.75 Å². The number of nitrogens with one attached hydrogen (secondary N) is 1. The van der Waals surface area contributed by atoms with Gasteiger partial charge in [0.25, 0.3) is 0 Å². The van der Waals surface area contributed by atoms with E-state index in [4.69, 9.17) is 9.47 Å². The van der Waals surface area contributed by atoms with Gasteiger partial charge < -0.3 is 14.8 Å². The number of thiophene rings is 1. The number of ether oxygens (including phenoxy) is 2. The third kappa shape index (κ3) is 12.0. The Labute approximate surface area is 393 Å². The first kappa shape index (κ1) is 49.8. The van der Waals surface area contributed by atoms with Gasteiger partial charge >= 0.3 is 5.97 Å². The summed E-state index contributed by atoms with van der Waals surface area (Å²) in [7, 11) is 1.39. The third-order valence-electron chi connectivity index (χ3n) is 15.4. The first-order valence-corrected chi connectivity index (χ1v) is 26.4. The molecule has 6 rings (SSSR count). The summed E-state index contributed by atoms with van der Waals surface area (Å²) in [5, 5.41) is 3.80. The number of rotatable bonds is 28. The highest BCUT2D eigenvalue weighted by Crippen LogP contribution is 2.57. The van der Waals surface area contributed by atoms with Crippen LogP contribution in [0.3, 0.4) is 0 Å². The van der Waals surface area contributed by atoms with Crippen molar-refractivity contribution in [1.82, 2.24) is 5.32 Å². The molecule has 1 aromatic heterocycles. The minimum atomic E-state index is -0.353. The maximum atomic E-state index is 11.4. The third-order valence-corrected chi connectivity index (χ3v) is 17.0. The Morgan fingerprint density at radius 2 is 1.34 bits per heavy atom. The van der Waals surface area contributed by atoms with Gasteiger partial charge in [0, 0.05) is 32.7 Å². The van der Waals surface area contributed by atoms with Gasteiger partial charge in [-0.3, -0.25) is 0 Å². The summed E-state index contributed by atoms with van der Waals surface area (Å²) in [4.78, 5) is 14.5. The molecule has 0 radical (unpaired) electrons. The van der Waals surface area contributed by atoms with Gasteiger partial charge in [-0.25, -0.2) is 4.79 Å². The number of hydrogen-bond acceptors (Lipinski definition) is 5. The lowest BCUT2D eigenvalue weighted by atomic mass is 9.69. The van der Waals surface area contributed by atoms with Crippen molar-refractivity contribution < 1.29 is 14.3 Å². The van der Waals surface area contributed by atoms with Crippen LogP contribution in [0.25, 0.3) is 27.6 Å². The van der Waals surface area contributed by atoms with E-state index in [-0.39, 0.29) is 22.3 Å². The molecule has 0 saturated carbocycles. The maximum absolute atomic E-state index is 11.4. The number of carbonyl (C=O) groups excluding carboxylic acids is 1. The van der Waals surface area contributed by atoms with Gasteiger partial charge in [-0.15, -0.1) is 11.3 Å². The number of esters is 1. The first-order valence-electron chi connectivity index (χ1n) is 25.6. The van der Waals surface area contributed by atoms with Gasteiger partial charge in [-0.2, -0.15) is 0 Å². The quantitative estimate of drug-likeness (QED) is 0.0267. The van der Waals surface area contributed by atoms with Crippen molar-refractivity contribution in [2.75, 3.05) is 13.7 Å². The van der Waals surface area contributed by atoms with Crippen molar-refractivity contribution in [1.29, 1.82) is 0 Å². The summed E-state index contributed by atoms with van der Waals surface area (Å²) in [5.74, 6) is 1.06. The van der Waals surface area contributed by atoms with Gasteiger partial charge in [0.05, 0.1) is 19.3 Å². The second-order valence-corrected chi connectivity index (χ2v) is 21.5. The Balaban J connectivity index is 1.24. The highest BCUT2D eigenvalue weighted by molar-refractivity contribution is 7.15. The van der Waals surface area contributed by atoms with E-state index in [1.54, 1.807) is 17.2 Å². The molecule has 3 aromatic carbocycles. The van der Waals surface area contributed by atoms with E-state index < -0.39 is 0 Å². The average Bonchev–Trinajstić information content (AvgIpc) is 3.58. The van der Waals surface area contributed by atoms with Crippen molar-refractivity contribution in [3.05, 3.63) is 106 Å². The fourth-order valence-electron chi connectivity index (χ4n) is 10.1. The molecule has 1 saturated heterocycles. The van der Waals surface area contributed by atoms with Crippen LogP contribution in [0.4, 0.5) is 0 Å². The topological polar surface area (TPSA) is 57.5 Å². The average molecular weight is 886 g/mol. The monoisotopic (exact) mass is 886 g/mol. The summed E-state index contributed by atoms with van der Waals surface area (Å²) in [5.41, 5.74) is 11.8. The van der Waals surface area contributed by atoms with Crippen molar-refractivity contribution in [3.8, 4) is 27.3 Å². The van der Waals surface area contributed by atoms with E-state index in [2.05, 4.69) is 115 Å². The summed E-state index contributed by atoms with van der Waals surface area (Å²) < 4.78 is 10.8. The Bertz CT molecular complexity index is 2110. The van der Waals surface area contributed by atoms with Crippen LogP contribution >= 0.6 is 11.3 Å². The summed E-state index contributed by atoms with van der Waals surface area (Å²) in [6.07, 6.45) is 27.3. The number of hydrogen-bond donors (Lipinski definition) is 1. The van der Waals surface area contributed by atoms with Crippen LogP contribution in [0.15, 0.2) is 72.8 Å². The van der Waals surface area contributed by atoms with Crippen molar-refractivity contribution in [3.63, 3.8) is 0 Å². The van der Waals surface area contributed by atoms with Gasteiger partial charge in [-0.1, -0.05) is 174 Å². The smallest absolute Gasteiger partial charge is 0.330 e. The second kappa shape index (κ2) is 23.2. The van der Waals surface area contributed by atoms with E-state index in [0.717, 1.165) is 30.6 Å². The van der Waals surface area contributed by atoms with Crippen LogP contribution in [0.1, 0.15) is 204 Å². The lowest BCUT2D eigenvalue weighted by Gasteiger charge is -2.34. The van der Waals surface area contributed by atoms with Crippen molar-refractivity contribution in [2.45, 2.75) is 200 Å². The number of carbonyl (C=O) groups is 1. The van der Waals surface area contributed by atoms with E-state index in [1.165, 1.54) is 153 Å². The Morgan fingerprint density at radius 1 is 0.766 bits per heavy atom. The zero-order valence-electron chi connectivity index (χ0n) is 41.4. The first-order chi connectivity index (χ1) is 30.9. The molecule has 2 unspecified atom stereocenters. The fourth-order valence-corrected chi connectivity index (χ4v) is 11.6. The zero-order valence-corrected chi connectivity index (χ0v) is 42.3. The lowest BCUT2D eigenvalue weighted by Crippen LogP contribution is -2.26. The lowest BCUT2D eigenvalue weighted by molar-refractivity contribution is -0.134. The summed E-state index contributed by atoms with van der Waals surface area (Å²) in [6.45, 7) is 19.8. The van der Waals surface area contributed by atoms with E-state index >= 15 is 0 Å². The van der Waals surface area contributed by atoms with Crippen molar-refractivity contribution in [2.24, 2.45) is 5.92 Å². The highest BCUT2D eigenvalue weighted by Gasteiger charge is 2.49. The second-order valence-electron chi connectivity index (χ2n) is 20.5. The highest BCUT2D eigenvalue weighted by atomic mass is 32.1. The Morgan fingerprint density at radius 3 is 1.95 bits per heavy atom. The maximum Gasteiger partial charge on any atom is 0.330 e. The molecule has 0 spiro atoms. The van der Waals surface area contributed by atoms with Crippen LogP contribution in [-0.4, -0.2) is 25.7 Å². The Kier molecular flexibility index (Phi) is 18.0. The molecule has 4 aromatic rings. The standard InChI is InChI=1S/C59H83NO3S/c1-10-12-14-16-19-23-37-59(38-24-20-17-15-13-11-2)52-40-47(30-34-50(52)51-35-31-48(42-53(51)59)58(8)44(5)60-58)56-46(41-54(64-56)57(6,7)43(3)4)26-22-18-21-25-39-63-49-32-27-45(28-33-49)29-36-55(61)62-9/h27-36,40-44,60H,10-26,37-39H2,1-9H3/b36-29+. The molecular formula is C59H83NO3S.